The van der Waals surface area contributed by atoms with Crippen LogP contribution in [-0.4, -0.2) is 53.3 Å². The zero-order chi connectivity index (χ0) is 13.7. The van der Waals surface area contributed by atoms with Gasteiger partial charge < -0.3 is 15.0 Å². The lowest BCUT2D eigenvalue weighted by molar-refractivity contribution is -0.0334. The highest BCUT2D eigenvalue weighted by atomic mass is 32.2. The molecular formula is C12H22N4O2S. The molecular weight excluding hydrogens is 264 g/mol. The molecule has 0 bridgehead atoms. The van der Waals surface area contributed by atoms with E-state index in [-0.39, 0.29) is 12.1 Å². The van der Waals surface area contributed by atoms with Gasteiger partial charge in [0, 0.05) is 13.1 Å². The molecule has 0 radical (unpaired) electrons. The van der Waals surface area contributed by atoms with Crippen LogP contribution in [0, 0.1) is 0 Å². The average Bonchev–Trinajstić information content (AvgIpc) is 2.94. The number of thioether (sulfide) groups is 1. The second-order valence-corrected chi connectivity index (χ2v) is 5.62. The molecule has 2 N–H and O–H groups in total. The molecule has 0 aliphatic carbocycles. The minimum absolute atomic E-state index is 0.0982. The van der Waals surface area contributed by atoms with Crippen LogP contribution in [-0.2, 0) is 4.74 Å². The Labute approximate surface area is 118 Å². The van der Waals surface area contributed by atoms with Gasteiger partial charge >= 0.3 is 0 Å². The third kappa shape index (κ3) is 3.92. The molecule has 0 aromatic carbocycles. The van der Waals surface area contributed by atoms with Crippen molar-refractivity contribution in [3.05, 3.63) is 11.7 Å². The van der Waals surface area contributed by atoms with Gasteiger partial charge in [-0.15, -0.1) is 0 Å². The fourth-order valence-corrected chi connectivity index (χ4v) is 2.53. The molecule has 2 atom stereocenters. The van der Waals surface area contributed by atoms with Crippen molar-refractivity contribution in [3.63, 3.8) is 0 Å². The topological polar surface area (TPSA) is 77.4 Å². The molecule has 1 aromatic rings. The predicted molar refractivity (Wildman–Crippen MR) is 75.0 cm³/mol. The summed E-state index contributed by atoms with van der Waals surface area (Å²) in [6.07, 6.45) is 2.80. The van der Waals surface area contributed by atoms with Crippen molar-refractivity contribution in [2.75, 3.05) is 38.2 Å². The molecule has 1 aromatic heterocycles. The first-order chi connectivity index (χ1) is 9.24. The lowest BCUT2D eigenvalue weighted by Gasteiger charge is -2.30. The largest absolute Gasteiger partial charge is 0.367 e. The number of hydrogen-bond acceptors (Lipinski definition) is 7. The highest BCUT2D eigenvalue weighted by Crippen LogP contribution is 2.22. The monoisotopic (exact) mass is 286 g/mol. The standard InChI is InChI=1S/C12H22N4O2S/c1-3-16-5-6-17-10(8-16)11-14-12(18-15-11)9(13)4-7-19-2/h9-10H,3-8,13H2,1-2H3. The number of aromatic nitrogens is 2. The highest BCUT2D eigenvalue weighted by molar-refractivity contribution is 7.98. The van der Waals surface area contributed by atoms with E-state index in [1.165, 1.54) is 0 Å². The maximum atomic E-state index is 6.02. The van der Waals surface area contributed by atoms with E-state index in [0.29, 0.717) is 18.3 Å². The van der Waals surface area contributed by atoms with Crippen LogP contribution in [0.1, 0.15) is 37.2 Å². The van der Waals surface area contributed by atoms with Gasteiger partial charge in [0.05, 0.1) is 12.6 Å². The molecule has 19 heavy (non-hydrogen) atoms. The summed E-state index contributed by atoms with van der Waals surface area (Å²) in [4.78, 5) is 6.71. The lowest BCUT2D eigenvalue weighted by atomic mass is 10.2. The van der Waals surface area contributed by atoms with Crippen LogP contribution in [0.5, 0.6) is 0 Å². The normalized spacial score (nSPS) is 22.6. The Morgan fingerprint density at radius 2 is 2.42 bits per heavy atom. The summed E-state index contributed by atoms with van der Waals surface area (Å²) < 4.78 is 11.0. The number of nitrogens with zero attached hydrogens (tertiary/aromatic N) is 3. The second-order valence-electron chi connectivity index (χ2n) is 4.63. The average molecular weight is 286 g/mol. The Bertz CT molecular complexity index is 388. The summed E-state index contributed by atoms with van der Waals surface area (Å²) in [6, 6.07) is -0.181. The van der Waals surface area contributed by atoms with E-state index in [1.54, 1.807) is 11.8 Å². The minimum Gasteiger partial charge on any atom is -0.367 e. The van der Waals surface area contributed by atoms with Gasteiger partial charge in [-0.3, -0.25) is 4.90 Å². The maximum Gasteiger partial charge on any atom is 0.243 e. The summed E-state index contributed by atoms with van der Waals surface area (Å²) in [6.45, 7) is 5.64. The third-order valence-electron chi connectivity index (χ3n) is 3.29. The smallest absolute Gasteiger partial charge is 0.243 e. The summed E-state index contributed by atoms with van der Waals surface area (Å²) in [5.74, 6) is 2.12. The lowest BCUT2D eigenvalue weighted by Crippen LogP contribution is -2.38. The van der Waals surface area contributed by atoms with Gasteiger partial charge in [-0.05, 0) is 25.0 Å². The summed E-state index contributed by atoms with van der Waals surface area (Å²) in [5, 5.41) is 4.01. The Kier molecular flexibility index (Phi) is 5.62. The van der Waals surface area contributed by atoms with Gasteiger partial charge in [0.15, 0.2) is 0 Å². The van der Waals surface area contributed by atoms with E-state index in [9.17, 15) is 0 Å². The van der Waals surface area contributed by atoms with Crippen molar-refractivity contribution >= 4 is 11.8 Å². The number of hydrogen-bond donors (Lipinski definition) is 1. The van der Waals surface area contributed by atoms with E-state index in [1.807, 2.05) is 0 Å². The SMILES string of the molecule is CCN1CCOC(c2noc(C(N)CCSC)n2)C1. The number of nitrogens with two attached hydrogens (primary N) is 1. The Hall–Kier alpha value is -0.630. The number of morpholine rings is 1. The van der Waals surface area contributed by atoms with Gasteiger partial charge in [-0.25, -0.2) is 0 Å². The Morgan fingerprint density at radius 1 is 1.58 bits per heavy atom. The second kappa shape index (κ2) is 7.23. The van der Waals surface area contributed by atoms with Crippen molar-refractivity contribution < 1.29 is 9.26 Å². The van der Waals surface area contributed by atoms with Crippen molar-refractivity contribution in [3.8, 4) is 0 Å². The van der Waals surface area contributed by atoms with Crippen LogP contribution in [0.4, 0.5) is 0 Å². The molecule has 1 saturated heterocycles. The van der Waals surface area contributed by atoms with E-state index in [4.69, 9.17) is 15.0 Å². The predicted octanol–water partition coefficient (Wildman–Crippen LogP) is 1.22. The fraction of sp³-hybridized carbons (Fsp3) is 0.833. The van der Waals surface area contributed by atoms with Crippen molar-refractivity contribution in [1.29, 1.82) is 0 Å². The van der Waals surface area contributed by atoms with Crippen molar-refractivity contribution in [2.45, 2.75) is 25.5 Å². The zero-order valence-corrected chi connectivity index (χ0v) is 12.4. The first-order valence-electron chi connectivity index (χ1n) is 6.66. The summed E-state index contributed by atoms with van der Waals surface area (Å²) >= 11 is 1.76. The molecule has 108 valence electrons. The Balaban J connectivity index is 1.96. The Morgan fingerprint density at radius 3 is 3.16 bits per heavy atom. The first kappa shape index (κ1) is 14.8. The van der Waals surface area contributed by atoms with Crippen LogP contribution in [0.25, 0.3) is 0 Å². The molecule has 0 amide bonds. The van der Waals surface area contributed by atoms with E-state index in [2.05, 4.69) is 28.2 Å². The molecule has 1 fully saturated rings. The molecule has 2 rings (SSSR count). The van der Waals surface area contributed by atoms with Gasteiger partial charge in [0.2, 0.25) is 11.7 Å². The van der Waals surface area contributed by atoms with E-state index in [0.717, 1.165) is 31.8 Å². The van der Waals surface area contributed by atoms with E-state index >= 15 is 0 Å². The van der Waals surface area contributed by atoms with Crippen LogP contribution < -0.4 is 5.73 Å². The molecule has 1 aliphatic rings. The van der Waals surface area contributed by atoms with E-state index < -0.39 is 0 Å². The van der Waals surface area contributed by atoms with Crippen LogP contribution >= 0.6 is 11.8 Å². The maximum absolute atomic E-state index is 6.02. The molecule has 0 spiro atoms. The van der Waals surface area contributed by atoms with Crippen LogP contribution in [0.15, 0.2) is 4.52 Å². The van der Waals surface area contributed by atoms with Crippen LogP contribution in [0.3, 0.4) is 0 Å². The van der Waals surface area contributed by atoms with Crippen molar-refractivity contribution in [1.82, 2.24) is 15.0 Å². The van der Waals surface area contributed by atoms with Gasteiger partial charge in [0.1, 0.15) is 6.10 Å². The highest BCUT2D eigenvalue weighted by Gasteiger charge is 2.26. The van der Waals surface area contributed by atoms with Gasteiger partial charge in [-0.1, -0.05) is 12.1 Å². The summed E-state index contributed by atoms with van der Waals surface area (Å²) in [5.41, 5.74) is 6.02. The fourth-order valence-electron chi connectivity index (χ4n) is 2.04. The number of ether oxygens (including phenoxy) is 1. The zero-order valence-electron chi connectivity index (χ0n) is 11.5. The first-order valence-corrected chi connectivity index (χ1v) is 8.06. The summed E-state index contributed by atoms with van der Waals surface area (Å²) in [7, 11) is 0. The van der Waals surface area contributed by atoms with Crippen LogP contribution in [0.2, 0.25) is 0 Å². The molecule has 2 heterocycles. The van der Waals surface area contributed by atoms with Gasteiger partial charge in [0.25, 0.3) is 0 Å². The van der Waals surface area contributed by atoms with Gasteiger partial charge in [-0.2, -0.15) is 16.7 Å². The van der Waals surface area contributed by atoms with Crippen molar-refractivity contribution in [2.24, 2.45) is 5.73 Å². The molecule has 0 saturated carbocycles. The third-order valence-corrected chi connectivity index (χ3v) is 3.94. The molecule has 7 heteroatoms. The number of likely N-dealkylation sites (N-methyl/N-ethyl adjacent to an activating group) is 1. The minimum atomic E-state index is -0.181. The molecule has 6 nitrogen and oxygen atoms in total. The number of rotatable bonds is 6. The molecule has 2 unspecified atom stereocenters. The molecule has 1 aliphatic heterocycles. The quantitative estimate of drug-likeness (QED) is 0.842.